The highest BCUT2D eigenvalue weighted by Gasteiger charge is 2.02. The highest BCUT2D eigenvalue weighted by molar-refractivity contribution is 5.78. The minimum Gasteiger partial charge on any atom is -0.396 e. The Hall–Kier alpha value is -2.56. The van der Waals surface area contributed by atoms with Crippen LogP contribution >= 0.6 is 0 Å². The van der Waals surface area contributed by atoms with Crippen molar-refractivity contribution in [3.63, 3.8) is 0 Å². The molecule has 116 valence electrons. The van der Waals surface area contributed by atoms with Gasteiger partial charge in [-0.2, -0.15) is 0 Å². The molecule has 22 heavy (non-hydrogen) atoms. The van der Waals surface area contributed by atoms with E-state index < -0.39 is 0 Å². The summed E-state index contributed by atoms with van der Waals surface area (Å²) in [6.45, 7) is 1.47. The lowest BCUT2D eigenvalue weighted by atomic mass is 10.1. The lowest BCUT2D eigenvalue weighted by Crippen LogP contribution is -2.26. The first-order chi connectivity index (χ1) is 10.8. The topological polar surface area (TPSA) is 80.0 Å². The van der Waals surface area contributed by atoms with Crippen molar-refractivity contribution in [1.29, 1.82) is 0 Å². The minimum atomic E-state index is 0.0631. The zero-order valence-electron chi connectivity index (χ0n) is 12.6. The number of hydrogen-bond donors (Lipinski definition) is 3. The lowest BCUT2D eigenvalue weighted by Gasteiger charge is -2.08. The molecule has 0 atom stereocenters. The number of nitrogens with two attached hydrogens (primary N) is 1. The summed E-state index contributed by atoms with van der Waals surface area (Å²) in [5.74, 6) is 0.781. The van der Waals surface area contributed by atoms with Crippen LogP contribution < -0.4 is 16.4 Å². The van der Waals surface area contributed by atoms with Gasteiger partial charge in [0, 0.05) is 19.3 Å². The third kappa shape index (κ3) is 5.44. The van der Waals surface area contributed by atoms with E-state index in [0.717, 1.165) is 30.8 Å². The molecular formula is C17H22N4O. The van der Waals surface area contributed by atoms with E-state index in [4.69, 9.17) is 5.73 Å². The molecule has 0 saturated heterocycles. The van der Waals surface area contributed by atoms with Crippen molar-refractivity contribution in [2.75, 3.05) is 24.1 Å². The summed E-state index contributed by atoms with van der Waals surface area (Å²) in [4.78, 5) is 15.9. The Kier molecular flexibility index (Phi) is 6.23. The SMILES string of the molecule is Nc1cccnc1NCCCCNC(=O)Cc1ccccc1. The number of benzene rings is 1. The maximum atomic E-state index is 11.8. The van der Waals surface area contributed by atoms with Crippen molar-refractivity contribution < 1.29 is 4.79 Å². The Morgan fingerprint density at radius 3 is 2.59 bits per heavy atom. The van der Waals surface area contributed by atoms with Crippen molar-refractivity contribution in [2.24, 2.45) is 0 Å². The molecule has 0 saturated carbocycles. The minimum absolute atomic E-state index is 0.0631. The first-order valence-electron chi connectivity index (χ1n) is 7.50. The third-order valence-corrected chi connectivity index (χ3v) is 3.26. The summed E-state index contributed by atoms with van der Waals surface area (Å²) in [6, 6.07) is 13.4. The molecule has 1 aromatic heterocycles. The zero-order valence-corrected chi connectivity index (χ0v) is 12.6. The smallest absolute Gasteiger partial charge is 0.224 e. The number of unbranched alkanes of at least 4 members (excludes halogenated alkanes) is 1. The van der Waals surface area contributed by atoms with Gasteiger partial charge in [-0.15, -0.1) is 0 Å². The van der Waals surface area contributed by atoms with Crippen LogP contribution in [-0.4, -0.2) is 24.0 Å². The molecule has 1 heterocycles. The summed E-state index contributed by atoms with van der Waals surface area (Å²) in [7, 11) is 0. The third-order valence-electron chi connectivity index (χ3n) is 3.26. The van der Waals surface area contributed by atoms with E-state index in [1.807, 2.05) is 42.5 Å². The van der Waals surface area contributed by atoms with Crippen LogP contribution in [0.15, 0.2) is 48.7 Å². The Morgan fingerprint density at radius 1 is 1.05 bits per heavy atom. The second kappa shape index (κ2) is 8.67. The number of nitrogens with zero attached hydrogens (tertiary/aromatic N) is 1. The molecule has 0 radical (unpaired) electrons. The highest BCUT2D eigenvalue weighted by Crippen LogP contribution is 2.12. The largest absolute Gasteiger partial charge is 0.396 e. The molecule has 0 aliphatic carbocycles. The second-order valence-electron chi connectivity index (χ2n) is 5.09. The van der Waals surface area contributed by atoms with Crippen LogP contribution in [0.25, 0.3) is 0 Å². The van der Waals surface area contributed by atoms with Crippen LogP contribution in [-0.2, 0) is 11.2 Å². The quantitative estimate of drug-likeness (QED) is 0.653. The number of hydrogen-bond acceptors (Lipinski definition) is 4. The molecule has 0 bridgehead atoms. The summed E-state index contributed by atoms with van der Waals surface area (Å²) < 4.78 is 0. The molecule has 2 rings (SSSR count). The normalized spacial score (nSPS) is 10.2. The number of anilines is 2. The van der Waals surface area contributed by atoms with Crippen LogP contribution in [0.4, 0.5) is 11.5 Å². The maximum absolute atomic E-state index is 11.8. The summed E-state index contributed by atoms with van der Waals surface area (Å²) >= 11 is 0. The fourth-order valence-corrected chi connectivity index (χ4v) is 2.09. The van der Waals surface area contributed by atoms with Gasteiger partial charge < -0.3 is 16.4 Å². The molecule has 0 spiro atoms. The van der Waals surface area contributed by atoms with Crippen molar-refractivity contribution >= 4 is 17.4 Å². The standard InChI is InChI=1S/C17H22N4O/c18-15-9-6-12-21-17(15)20-11-5-4-10-19-16(22)13-14-7-2-1-3-8-14/h1-3,6-9,12H,4-5,10-11,13,18H2,(H,19,22)(H,20,21). The molecule has 1 amide bonds. The maximum Gasteiger partial charge on any atom is 0.224 e. The molecule has 5 heteroatoms. The van der Waals surface area contributed by atoms with E-state index in [-0.39, 0.29) is 5.91 Å². The van der Waals surface area contributed by atoms with Gasteiger partial charge in [-0.1, -0.05) is 30.3 Å². The van der Waals surface area contributed by atoms with E-state index in [2.05, 4.69) is 15.6 Å². The van der Waals surface area contributed by atoms with Crippen LogP contribution in [0.3, 0.4) is 0 Å². The summed E-state index contributed by atoms with van der Waals surface area (Å²) in [5.41, 5.74) is 7.48. The van der Waals surface area contributed by atoms with Gasteiger partial charge >= 0.3 is 0 Å². The lowest BCUT2D eigenvalue weighted by molar-refractivity contribution is -0.120. The first-order valence-corrected chi connectivity index (χ1v) is 7.50. The number of rotatable bonds is 8. The molecule has 0 fully saturated rings. The van der Waals surface area contributed by atoms with Gasteiger partial charge in [0.2, 0.25) is 5.91 Å². The Morgan fingerprint density at radius 2 is 1.82 bits per heavy atom. The first kappa shape index (κ1) is 15.8. The van der Waals surface area contributed by atoms with E-state index in [1.165, 1.54) is 0 Å². The fraction of sp³-hybridized carbons (Fsp3) is 0.294. The summed E-state index contributed by atoms with van der Waals surface area (Å²) in [5, 5.41) is 6.13. The van der Waals surface area contributed by atoms with Gasteiger partial charge in [0.1, 0.15) is 5.82 Å². The second-order valence-corrected chi connectivity index (χ2v) is 5.09. The van der Waals surface area contributed by atoms with E-state index in [9.17, 15) is 4.79 Å². The molecule has 5 nitrogen and oxygen atoms in total. The van der Waals surface area contributed by atoms with Gasteiger partial charge in [0.25, 0.3) is 0 Å². The molecule has 0 aliphatic rings. The summed E-state index contributed by atoms with van der Waals surface area (Å²) in [6.07, 6.45) is 4.01. The van der Waals surface area contributed by atoms with Gasteiger partial charge in [-0.05, 0) is 30.5 Å². The molecular weight excluding hydrogens is 276 g/mol. The van der Waals surface area contributed by atoms with E-state index in [0.29, 0.717) is 18.7 Å². The van der Waals surface area contributed by atoms with E-state index >= 15 is 0 Å². The van der Waals surface area contributed by atoms with Crippen molar-refractivity contribution in [3.8, 4) is 0 Å². The average Bonchev–Trinajstić information content (AvgIpc) is 2.53. The monoisotopic (exact) mass is 298 g/mol. The predicted molar refractivity (Wildman–Crippen MR) is 89.5 cm³/mol. The van der Waals surface area contributed by atoms with Gasteiger partial charge in [-0.25, -0.2) is 4.98 Å². The average molecular weight is 298 g/mol. The Bertz CT molecular complexity index is 586. The Balaban J connectivity index is 1.56. The number of amides is 1. The van der Waals surface area contributed by atoms with Gasteiger partial charge in [0.15, 0.2) is 0 Å². The number of aromatic nitrogens is 1. The molecule has 2 aromatic rings. The van der Waals surface area contributed by atoms with Gasteiger partial charge in [-0.3, -0.25) is 4.79 Å². The Labute approximate surface area is 130 Å². The molecule has 1 aromatic carbocycles. The van der Waals surface area contributed by atoms with Crippen molar-refractivity contribution in [1.82, 2.24) is 10.3 Å². The van der Waals surface area contributed by atoms with Crippen molar-refractivity contribution in [3.05, 3.63) is 54.2 Å². The fourth-order valence-electron chi connectivity index (χ4n) is 2.09. The number of carbonyl (C=O) groups is 1. The molecule has 4 N–H and O–H groups in total. The zero-order chi connectivity index (χ0) is 15.6. The van der Waals surface area contributed by atoms with Gasteiger partial charge in [0.05, 0.1) is 12.1 Å². The van der Waals surface area contributed by atoms with Crippen LogP contribution in [0.5, 0.6) is 0 Å². The number of pyridine rings is 1. The van der Waals surface area contributed by atoms with E-state index in [1.54, 1.807) is 6.20 Å². The highest BCUT2D eigenvalue weighted by atomic mass is 16.1. The van der Waals surface area contributed by atoms with Crippen LogP contribution in [0.2, 0.25) is 0 Å². The number of nitrogens with one attached hydrogen (secondary N) is 2. The molecule has 0 unspecified atom stereocenters. The van der Waals surface area contributed by atoms with Crippen LogP contribution in [0, 0.1) is 0 Å². The van der Waals surface area contributed by atoms with Crippen LogP contribution in [0.1, 0.15) is 18.4 Å². The molecule has 0 aliphatic heterocycles. The van der Waals surface area contributed by atoms with Crippen molar-refractivity contribution in [2.45, 2.75) is 19.3 Å². The number of carbonyl (C=O) groups excluding carboxylic acids is 1. The predicted octanol–water partition coefficient (Wildman–Crippen LogP) is 2.21. The number of nitrogen functional groups attached to an aromatic ring is 1.